The number of alkyl carbamates (subject to hydrolysis) is 1. The lowest BCUT2D eigenvalue weighted by atomic mass is 9.68. The molecule has 156 valence electrons. The summed E-state index contributed by atoms with van der Waals surface area (Å²) in [6.45, 7) is 11.8. The molecule has 0 unspecified atom stereocenters. The molecule has 1 aliphatic carbocycles. The van der Waals surface area contributed by atoms with Crippen LogP contribution in [0.1, 0.15) is 59.9 Å². The number of nitrogens with one attached hydrogen (secondary N) is 1. The second-order valence-electron chi connectivity index (χ2n) is 9.49. The van der Waals surface area contributed by atoms with E-state index in [-0.39, 0.29) is 5.92 Å². The van der Waals surface area contributed by atoms with Crippen LogP contribution < -0.4 is 5.32 Å². The van der Waals surface area contributed by atoms with Gasteiger partial charge in [0, 0.05) is 0 Å². The first kappa shape index (κ1) is 22.2. The Morgan fingerprint density at radius 3 is 2.11 bits per heavy atom. The highest BCUT2D eigenvalue weighted by Gasteiger charge is 2.54. The van der Waals surface area contributed by atoms with Crippen LogP contribution in [0, 0.1) is 5.92 Å². The van der Waals surface area contributed by atoms with E-state index in [1.807, 2.05) is 51.1 Å². The molecule has 0 bridgehead atoms. The van der Waals surface area contributed by atoms with Crippen molar-refractivity contribution in [3.63, 3.8) is 0 Å². The molecular weight excluding hydrogens is 358 g/mol. The second kappa shape index (κ2) is 8.52. The summed E-state index contributed by atoms with van der Waals surface area (Å²) in [4.78, 5) is 25.0. The number of hydrogen-bond donors (Lipinski definition) is 1. The predicted molar refractivity (Wildman–Crippen MR) is 107 cm³/mol. The van der Waals surface area contributed by atoms with E-state index in [4.69, 9.17) is 14.2 Å². The van der Waals surface area contributed by atoms with Crippen molar-refractivity contribution in [3.8, 4) is 0 Å². The molecule has 1 fully saturated rings. The molecule has 0 heterocycles. The highest BCUT2D eigenvalue weighted by molar-refractivity contribution is 5.87. The lowest BCUT2D eigenvalue weighted by molar-refractivity contribution is -0.171. The maximum absolute atomic E-state index is 12.8. The number of benzene rings is 1. The van der Waals surface area contributed by atoms with Gasteiger partial charge < -0.3 is 19.5 Å². The first-order valence-corrected chi connectivity index (χ1v) is 9.75. The van der Waals surface area contributed by atoms with Gasteiger partial charge in [0.15, 0.2) is 0 Å². The Bertz CT molecular complexity index is 666. The summed E-state index contributed by atoms with van der Waals surface area (Å²) < 4.78 is 16.7. The molecule has 0 radical (unpaired) electrons. The zero-order valence-electron chi connectivity index (χ0n) is 17.8. The third kappa shape index (κ3) is 6.82. The summed E-state index contributed by atoms with van der Waals surface area (Å²) in [7, 11) is 0. The van der Waals surface area contributed by atoms with E-state index < -0.39 is 28.8 Å². The highest BCUT2D eigenvalue weighted by Crippen LogP contribution is 2.40. The van der Waals surface area contributed by atoms with E-state index in [0.717, 1.165) is 5.56 Å². The summed E-state index contributed by atoms with van der Waals surface area (Å²) >= 11 is 0. The Morgan fingerprint density at radius 2 is 1.57 bits per heavy atom. The molecule has 0 aliphatic heterocycles. The summed E-state index contributed by atoms with van der Waals surface area (Å²) in [5, 5.41) is 2.76. The molecule has 1 aliphatic rings. The Kier molecular flexibility index (Phi) is 6.75. The number of amides is 1. The van der Waals surface area contributed by atoms with Crippen LogP contribution in [-0.2, 0) is 25.6 Å². The van der Waals surface area contributed by atoms with E-state index in [1.165, 1.54) is 0 Å². The molecule has 0 saturated heterocycles. The van der Waals surface area contributed by atoms with Crippen LogP contribution in [0.3, 0.4) is 0 Å². The van der Waals surface area contributed by atoms with Gasteiger partial charge in [-0.05, 0) is 65.9 Å². The molecule has 0 spiro atoms. The van der Waals surface area contributed by atoms with Gasteiger partial charge in [0.25, 0.3) is 0 Å². The smallest absolute Gasteiger partial charge is 0.408 e. The molecule has 1 amide bonds. The minimum absolute atomic E-state index is 0.172. The topological polar surface area (TPSA) is 73.9 Å². The molecule has 28 heavy (non-hydrogen) atoms. The molecule has 6 heteroatoms. The first-order chi connectivity index (χ1) is 12.9. The Hall–Kier alpha value is -2.08. The maximum atomic E-state index is 12.8. The lowest BCUT2D eigenvalue weighted by Gasteiger charge is -2.46. The quantitative estimate of drug-likeness (QED) is 0.735. The molecule has 1 N–H and O–H groups in total. The summed E-state index contributed by atoms with van der Waals surface area (Å²) in [6, 6.07) is 9.93. The predicted octanol–water partition coefficient (Wildman–Crippen LogP) is 4.22. The fourth-order valence-electron chi connectivity index (χ4n) is 3.16. The molecular formula is C22H33NO5. The van der Waals surface area contributed by atoms with E-state index in [0.29, 0.717) is 26.1 Å². The van der Waals surface area contributed by atoms with Gasteiger partial charge in [0.2, 0.25) is 0 Å². The van der Waals surface area contributed by atoms with Crippen LogP contribution in [0.2, 0.25) is 0 Å². The summed E-state index contributed by atoms with van der Waals surface area (Å²) in [5.41, 5.74) is -1.22. The van der Waals surface area contributed by atoms with Gasteiger partial charge >= 0.3 is 12.1 Å². The van der Waals surface area contributed by atoms with Crippen molar-refractivity contribution in [2.24, 2.45) is 5.92 Å². The van der Waals surface area contributed by atoms with Crippen molar-refractivity contribution < 1.29 is 23.8 Å². The van der Waals surface area contributed by atoms with Crippen LogP contribution in [0.5, 0.6) is 0 Å². The maximum Gasteiger partial charge on any atom is 0.408 e. The van der Waals surface area contributed by atoms with Crippen molar-refractivity contribution in [3.05, 3.63) is 35.9 Å². The van der Waals surface area contributed by atoms with Gasteiger partial charge in [-0.1, -0.05) is 30.3 Å². The number of carbonyl (C=O) groups excluding carboxylic acids is 2. The minimum atomic E-state index is -1.06. The van der Waals surface area contributed by atoms with Gasteiger partial charge in [-0.3, -0.25) is 0 Å². The summed E-state index contributed by atoms with van der Waals surface area (Å²) in [6.07, 6.45) is 0.327. The number of hydrogen-bond acceptors (Lipinski definition) is 5. The number of rotatable bonds is 6. The normalized spacial score (nSPS) is 22.1. The monoisotopic (exact) mass is 391 g/mol. The first-order valence-electron chi connectivity index (χ1n) is 9.75. The standard InChI is InChI=1S/C22H33NO5/c1-20(2,3)27-18(24)22(23-19(25)28-21(4,5)6)12-17(13-22)15-26-14-16-10-8-7-9-11-16/h7-11,17H,12-15H2,1-6H3,(H,23,25). The van der Waals surface area contributed by atoms with E-state index in [2.05, 4.69) is 5.32 Å². The zero-order chi connectivity index (χ0) is 21.0. The largest absolute Gasteiger partial charge is 0.458 e. The Balaban J connectivity index is 1.93. The van der Waals surface area contributed by atoms with Crippen molar-refractivity contribution in [1.29, 1.82) is 0 Å². The molecule has 6 nitrogen and oxygen atoms in total. The SMILES string of the molecule is CC(C)(C)OC(=O)NC1(C(=O)OC(C)(C)C)CC(COCc2ccccc2)C1. The van der Waals surface area contributed by atoms with Crippen LogP contribution in [0.25, 0.3) is 0 Å². The van der Waals surface area contributed by atoms with Crippen LogP contribution in [0.4, 0.5) is 4.79 Å². The third-order valence-electron chi connectivity index (χ3n) is 4.27. The van der Waals surface area contributed by atoms with Gasteiger partial charge in [-0.2, -0.15) is 0 Å². The highest BCUT2D eigenvalue weighted by atomic mass is 16.6. The average molecular weight is 392 g/mol. The van der Waals surface area contributed by atoms with Crippen LogP contribution >= 0.6 is 0 Å². The van der Waals surface area contributed by atoms with Crippen LogP contribution in [-0.4, -0.2) is 35.4 Å². The van der Waals surface area contributed by atoms with E-state index in [9.17, 15) is 9.59 Å². The number of ether oxygens (including phenoxy) is 3. The molecule has 0 atom stereocenters. The second-order valence-corrected chi connectivity index (χ2v) is 9.49. The number of carbonyl (C=O) groups is 2. The number of esters is 1. The van der Waals surface area contributed by atoms with Gasteiger partial charge in [0.05, 0.1) is 13.2 Å². The average Bonchev–Trinajstić information content (AvgIpc) is 2.49. The van der Waals surface area contributed by atoms with Gasteiger partial charge in [-0.15, -0.1) is 0 Å². The Labute approximate surface area is 167 Å². The fourth-order valence-corrected chi connectivity index (χ4v) is 3.16. The molecule has 0 aromatic heterocycles. The van der Waals surface area contributed by atoms with E-state index >= 15 is 0 Å². The zero-order valence-corrected chi connectivity index (χ0v) is 17.8. The molecule has 1 saturated carbocycles. The summed E-state index contributed by atoms with van der Waals surface area (Å²) in [5.74, 6) is -0.253. The van der Waals surface area contributed by atoms with Gasteiger partial charge in [0.1, 0.15) is 16.7 Å². The Morgan fingerprint density at radius 1 is 1.00 bits per heavy atom. The lowest BCUT2D eigenvalue weighted by Crippen LogP contribution is -2.64. The third-order valence-corrected chi connectivity index (χ3v) is 4.27. The van der Waals surface area contributed by atoms with Crippen molar-refractivity contribution >= 4 is 12.1 Å². The van der Waals surface area contributed by atoms with Crippen LogP contribution in [0.15, 0.2) is 30.3 Å². The molecule has 1 aromatic rings. The van der Waals surface area contributed by atoms with Gasteiger partial charge in [-0.25, -0.2) is 9.59 Å². The van der Waals surface area contributed by atoms with Crippen molar-refractivity contribution in [2.45, 2.75) is 77.7 Å². The van der Waals surface area contributed by atoms with Crippen molar-refractivity contribution in [2.75, 3.05) is 6.61 Å². The van der Waals surface area contributed by atoms with E-state index in [1.54, 1.807) is 20.8 Å². The molecule has 1 aromatic carbocycles. The minimum Gasteiger partial charge on any atom is -0.458 e. The molecule has 2 rings (SSSR count). The fraction of sp³-hybridized carbons (Fsp3) is 0.636. The van der Waals surface area contributed by atoms with Crippen molar-refractivity contribution in [1.82, 2.24) is 5.32 Å².